The largest absolute Gasteiger partial charge is 0.530 e. The fourth-order valence-electron chi connectivity index (χ4n) is 5.53. The average Bonchev–Trinajstić information content (AvgIpc) is 3.04. The second-order valence-corrected chi connectivity index (χ2v) is 13.1. The topological polar surface area (TPSA) is 55.4 Å². The van der Waals surface area contributed by atoms with E-state index in [2.05, 4.69) is 38.1 Å². The third-order valence-corrected chi connectivity index (χ3v) is 9.55. The first-order valence-corrected chi connectivity index (χ1v) is 17.1. The second-order valence-electron chi connectivity index (χ2n) is 11.1. The van der Waals surface area contributed by atoms with Crippen molar-refractivity contribution in [3.63, 3.8) is 0 Å². The van der Waals surface area contributed by atoms with Crippen molar-refractivity contribution < 1.29 is 27.1 Å². The predicted octanol–water partition coefficient (Wildman–Crippen LogP) is 11.6. The quantitative estimate of drug-likeness (QED) is 0.146. The van der Waals surface area contributed by atoms with Gasteiger partial charge in [0.2, 0.25) is 0 Å². The summed E-state index contributed by atoms with van der Waals surface area (Å²) >= 11 is 0. The minimum absolute atomic E-state index is 0.645. The van der Waals surface area contributed by atoms with Gasteiger partial charge in [0.1, 0.15) is 34.5 Å². The summed E-state index contributed by atoms with van der Waals surface area (Å²) in [5.41, 5.74) is 5.78. The lowest BCUT2D eigenvalue weighted by Crippen LogP contribution is -2.08. The molecule has 1 aliphatic heterocycles. The molecule has 0 saturated carbocycles. The first-order valence-electron chi connectivity index (χ1n) is 14.9. The van der Waals surface area contributed by atoms with Crippen LogP contribution < -0.4 is 27.1 Å². The molecule has 6 aromatic rings. The Labute approximate surface area is 271 Å². The van der Waals surface area contributed by atoms with E-state index < -0.39 is 17.2 Å². The Kier molecular flexibility index (Phi) is 8.41. The highest BCUT2D eigenvalue weighted by atomic mass is 31.2. The Morgan fingerprint density at radius 1 is 0.522 bits per heavy atom. The molecule has 0 spiro atoms. The summed E-state index contributed by atoms with van der Waals surface area (Å²) in [5.74, 6) is 4.09. The smallest absolute Gasteiger partial charge is 0.409 e. The minimum atomic E-state index is -1.90. The Bertz CT molecular complexity index is 1930. The molecule has 1 heterocycles. The van der Waals surface area contributed by atoms with Gasteiger partial charge in [-0.2, -0.15) is 0 Å². The van der Waals surface area contributed by atoms with E-state index >= 15 is 0 Å². The van der Waals surface area contributed by atoms with E-state index in [0.717, 1.165) is 55.7 Å². The second kappa shape index (κ2) is 12.9. The molecule has 0 bridgehead atoms. The van der Waals surface area contributed by atoms with Crippen LogP contribution in [0.2, 0.25) is 0 Å². The van der Waals surface area contributed by atoms with Gasteiger partial charge in [-0.3, -0.25) is 0 Å². The number of benzene rings is 6. The van der Waals surface area contributed by atoms with Crippen LogP contribution >= 0.6 is 17.2 Å². The molecule has 0 fully saturated rings. The molecule has 0 atom stereocenters. The van der Waals surface area contributed by atoms with Crippen molar-refractivity contribution in [2.45, 2.75) is 27.7 Å². The molecule has 1 aliphatic rings. The van der Waals surface area contributed by atoms with Crippen LogP contribution in [0.3, 0.4) is 0 Å². The number of hydrogen-bond donors (Lipinski definition) is 0. The van der Waals surface area contributed by atoms with E-state index in [1.807, 2.05) is 111 Å². The van der Waals surface area contributed by atoms with Crippen LogP contribution in [-0.2, 0) is 0 Å². The zero-order chi connectivity index (χ0) is 31.6. The van der Waals surface area contributed by atoms with Crippen LogP contribution in [0, 0.1) is 27.7 Å². The first kappa shape index (κ1) is 29.9. The maximum Gasteiger partial charge on any atom is 0.530 e. The van der Waals surface area contributed by atoms with E-state index in [1.54, 1.807) is 0 Å². The van der Waals surface area contributed by atoms with Gasteiger partial charge in [-0.25, -0.2) is 0 Å². The number of hydrogen-bond acceptors (Lipinski definition) is 6. The monoisotopic (exact) mass is 646 g/mol. The van der Waals surface area contributed by atoms with Crippen LogP contribution in [0.25, 0.3) is 21.9 Å². The van der Waals surface area contributed by atoms with Gasteiger partial charge in [0.25, 0.3) is 0 Å². The maximum atomic E-state index is 6.71. The highest BCUT2D eigenvalue weighted by Gasteiger charge is 2.31. The van der Waals surface area contributed by atoms with Gasteiger partial charge in [0.15, 0.2) is 0 Å². The fourth-order valence-corrected chi connectivity index (χ4v) is 7.75. The number of para-hydroxylation sites is 2. The summed E-state index contributed by atoms with van der Waals surface area (Å²) in [4.78, 5) is 0. The Balaban J connectivity index is 1.27. The highest BCUT2D eigenvalue weighted by molar-refractivity contribution is 7.43. The minimum Gasteiger partial charge on any atom is -0.409 e. The summed E-state index contributed by atoms with van der Waals surface area (Å²) in [6.07, 6.45) is 0. The van der Waals surface area contributed by atoms with Crippen LogP contribution in [0.15, 0.2) is 121 Å². The highest BCUT2D eigenvalue weighted by Crippen LogP contribution is 2.55. The van der Waals surface area contributed by atoms with Crippen LogP contribution in [0.5, 0.6) is 34.5 Å². The molecule has 6 aromatic carbocycles. The maximum absolute atomic E-state index is 6.71. The van der Waals surface area contributed by atoms with E-state index in [-0.39, 0.29) is 0 Å². The summed E-state index contributed by atoms with van der Waals surface area (Å²) in [6.45, 7) is 8.21. The SMILES string of the molecule is Cc1cc(C)c(OP(Oc2ccccc2)Oc2ccccc2)c(-c2cc(C)cc(C)c2OP2Oc3cccc4cccc(c34)O2)c1. The van der Waals surface area contributed by atoms with E-state index in [1.165, 1.54) is 0 Å². The molecule has 0 aromatic heterocycles. The molecule has 46 heavy (non-hydrogen) atoms. The third kappa shape index (κ3) is 6.33. The number of rotatable bonds is 9. The van der Waals surface area contributed by atoms with Crippen molar-refractivity contribution >= 4 is 28.0 Å². The van der Waals surface area contributed by atoms with Gasteiger partial charge >= 0.3 is 17.2 Å². The lowest BCUT2D eigenvalue weighted by atomic mass is 9.95. The molecule has 0 N–H and O–H groups in total. The van der Waals surface area contributed by atoms with Crippen molar-refractivity contribution in [1.29, 1.82) is 0 Å². The number of aryl methyl sites for hydroxylation is 4. The molecule has 230 valence electrons. The molecule has 0 unspecified atom stereocenters. The predicted molar refractivity (Wildman–Crippen MR) is 185 cm³/mol. The summed E-state index contributed by atoms with van der Waals surface area (Å²) in [6, 6.07) is 39.5. The van der Waals surface area contributed by atoms with E-state index in [4.69, 9.17) is 27.1 Å². The van der Waals surface area contributed by atoms with Gasteiger partial charge in [0, 0.05) is 11.1 Å². The van der Waals surface area contributed by atoms with Crippen LogP contribution in [-0.4, -0.2) is 0 Å². The van der Waals surface area contributed by atoms with Crippen molar-refractivity contribution in [2.24, 2.45) is 0 Å². The summed E-state index contributed by atoms with van der Waals surface area (Å²) in [5, 5.41) is 2.00. The standard InChI is InChI=1S/C38H32O6P2/c1-25-21-27(3)37(43-45(39-30-15-7-5-8-16-30)40-31-17-9-6-10-18-31)32(23-25)33-24-26(2)22-28(4)38(33)44-46-41-34-19-11-13-29-14-12-20-35(42-46)36(29)34/h5-24H,1-4H3. The van der Waals surface area contributed by atoms with Crippen molar-refractivity contribution in [2.75, 3.05) is 0 Å². The summed E-state index contributed by atoms with van der Waals surface area (Å²) < 4.78 is 38.6. The molecule has 6 nitrogen and oxygen atoms in total. The van der Waals surface area contributed by atoms with Gasteiger partial charge in [-0.15, -0.1) is 0 Å². The fraction of sp³-hybridized carbons (Fsp3) is 0.105. The Morgan fingerprint density at radius 3 is 1.57 bits per heavy atom. The van der Waals surface area contributed by atoms with Crippen molar-refractivity contribution in [3.8, 4) is 45.6 Å². The van der Waals surface area contributed by atoms with E-state index in [9.17, 15) is 0 Å². The molecule has 7 rings (SSSR count). The molecule has 0 saturated heterocycles. The summed E-state index contributed by atoms with van der Waals surface area (Å²) in [7, 11) is -3.68. The van der Waals surface area contributed by atoms with Gasteiger partial charge in [-0.05, 0) is 104 Å². The van der Waals surface area contributed by atoms with Gasteiger partial charge in [-0.1, -0.05) is 72.8 Å². The average molecular weight is 647 g/mol. The Hall–Kier alpha value is -4.76. The third-order valence-electron chi connectivity index (χ3n) is 7.48. The molecular formula is C38H32O6P2. The van der Waals surface area contributed by atoms with Crippen molar-refractivity contribution in [3.05, 3.63) is 144 Å². The van der Waals surface area contributed by atoms with E-state index in [0.29, 0.717) is 23.0 Å². The zero-order valence-electron chi connectivity index (χ0n) is 25.9. The normalized spacial score (nSPS) is 12.4. The first-order chi connectivity index (χ1) is 22.4. The lowest BCUT2D eigenvalue weighted by Gasteiger charge is -2.26. The molecule has 8 heteroatoms. The van der Waals surface area contributed by atoms with Gasteiger partial charge in [0.05, 0.1) is 5.39 Å². The zero-order valence-corrected chi connectivity index (χ0v) is 27.7. The molecule has 0 aliphatic carbocycles. The Morgan fingerprint density at radius 2 is 1.02 bits per heavy atom. The van der Waals surface area contributed by atoms with Crippen LogP contribution in [0.4, 0.5) is 0 Å². The van der Waals surface area contributed by atoms with Crippen LogP contribution in [0.1, 0.15) is 22.3 Å². The molecular weight excluding hydrogens is 614 g/mol. The lowest BCUT2D eigenvalue weighted by molar-refractivity contribution is 0.379. The van der Waals surface area contributed by atoms with Gasteiger partial charge < -0.3 is 27.1 Å². The molecule has 0 radical (unpaired) electrons. The van der Waals surface area contributed by atoms with Crippen molar-refractivity contribution in [1.82, 2.24) is 0 Å². The molecule has 0 amide bonds.